The average molecular weight is 363 g/mol. The van der Waals surface area contributed by atoms with E-state index in [2.05, 4.69) is 6.92 Å². The van der Waals surface area contributed by atoms with Crippen LogP contribution in [0.5, 0.6) is 0 Å². The Morgan fingerprint density at radius 3 is 2.43 bits per heavy atom. The molecule has 0 aliphatic rings. The van der Waals surface area contributed by atoms with Gasteiger partial charge in [0.05, 0.1) is 20.8 Å². The fourth-order valence-electron chi connectivity index (χ4n) is 1.87. The number of esters is 2. The lowest BCUT2D eigenvalue weighted by atomic mass is 10.0. The lowest BCUT2D eigenvalue weighted by Crippen LogP contribution is -3.00. The van der Waals surface area contributed by atoms with Gasteiger partial charge in [0, 0.05) is 6.92 Å². The minimum Gasteiger partial charge on any atom is -1.00 e. The molecular weight excluding hydrogens is 340 g/mol. The molecule has 0 fully saturated rings. The third-order valence-corrected chi connectivity index (χ3v) is 3.25. The van der Waals surface area contributed by atoms with Crippen molar-refractivity contribution in [1.29, 1.82) is 0 Å². The van der Waals surface area contributed by atoms with Crippen molar-refractivity contribution in [1.82, 2.24) is 4.57 Å². The molecule has 1 aromatic rings. The smallest absolute Gasteiger partial charge is 0.366 e. The largest absolute Gasteiger partial charge is 1.00 e. The second-order valence-electron chi connectivity index (χ2n) is 4.89. The van der Waals surface area contributed by atoms with Crippen LogP contribution in [0.15, 0.2) is 18.7 Å². The highest BCUT2D eigenvalue weighted by atomic mass is 79.9. The van der Waals surface area contributed by atoms with Crippen LogP contribution in [-0.2, 0) is 31.6 Å². The molecule has 0 aliphatic heterocycles. The number of methoxy groups -OCH3 is 1. The maximum absolute atomic E-state index is 12.3. The zero-order chi connectivity index (χ0) is 15.2. The van der Waals surface area contributed by atoms with E-state index in [0.29, 0.717) is 6.61 Å². The Labute approximate surface area is 135 Å². The van der Waals surface area contributed by atoms with Crippen molar-refractivity contribution in [2.24, 2.45) is 7.05 Å². The van der Waals surface area contributed by atoms with Crippen LogP contribution >= 0.6 is 0 Å². The van der Waals surface area contributed by atoms with Crippen LogP contribution in [-0.4, -0.2) is 30.2 Å². The van der Waals surface area contributed by atoms with Gasteiger partial charge in [0.25, 0.3) is 0 Å². The van der Waals surface area contributed by atoms with E-state index >= 15 is 0 Å². The van der Waals surface area contributed by atoms with Gasteiger partial charge in [0.1, 0.15) is 12.4 Å². The Morgan fingerprint density at radius 2 is 1.95 bits per heavy atom. The second-order valence-corrected chi connectivity index (χ2v) is 4.89. The molecule has 0 amide bonds. The number of aromatic nitrogens is 2. The van der Waals surface area contributed by atoms with Crippen molar-refractivity contribution in [3.05, 3.63) is 18.7 Å². The molecule has 0 aromatic carbocycles. The predicted octanol–water partition coefficient (Wildman–Crippen LogP) is -2.06. The predicted molar refractivity (Wildman–Crippen MR) is 71.8 cm³/mol. The Morgan fingerprint density at radius 1 is 1.29 bits per heavy atom. The Kier molecular flexibility index (Phi) is 8.24. The highest BCUT2D eigenvalue weighted by molar-refractivity contribution is 6.01. The fraction of sp³-hybridized carbons (Fsp3) is 0.643. The summed E-state index contributed by atoms with van der Waals surface area (Å²) < 4.78 is 13.2. The SMILES string of the molecule is CCCCCOC(=O)C(C)(C(=O)OC)n1cc[n+](C)c1.[Br-]. The molecule has 1 atom stereocenters. The summed E-state index contributed by atoms with van der Waals surface area (Å²) in [6.07, 6.45) is 7.85. The summed E-state index contributed by atoms with van der Waals surface area (Å²) in [5.74, 6) is -1.24. The van der Waals surface area contributed by atoms with E-state index in [1.807, 2.05) is 0 Å². The minimum atomic E-state index is -1.50. The fourth-order valence-corrected chi connectivity index (χ4v) is 1.87. The van der Waals surface area contributed by atoms with Crippen LogP contribution in [0.1, 0.15) is 33.1 Å². The van der Waals surface area contributed by atoms with E-state index in [0.717, 1.165) is 19.3 Å². The zero-order valence-corrected chi connectivity index (χ0v) is 14.6. The maximum atomic E-state index is 12.3. The number of aryl methyl sites for hydroxylation is 1. The van der Waals surface area contributed by atoms with E-state index in [4.69, 9.17) is 9.47 Å². The van der Waals surface area contributed by atoms with Gasteiger partial charge in [0.2, 0.25) is 6.33 Å². The van der Waals surface area contributed by atoms with E-state index in [1.54, 1.807) is 30.3 Å². The van der Waals surface area contributed by atoms with Crippen LogP contribution in [0.2, 0.25) is 0 Å². The first-order valence-corrected chi connectivity index (χ1v) is 6.76. The minimum absolute atomic E-state index is 0. The van der Waals surface area contributed by atoms with E-state index < -0.39 is 17.5 Å². The standard InChI is InChI=1S/C14H23N2O4.BrH/c1-5-6-7-10-20-13(18)14(2,12(17)19-4)16-9-8-15(3)11-16;/h8-9,11H,5-7,10H2,1-4H3;1H/q+1;/p-1. The Bertz CT molecular complexity index is 475. The van der Waals surface area contributed by atoms with Crippen molar-refractivity contribution < 1.29 is 40.6 Å². The summed E-state index contributed by atoms with van der Waals surface area (Å²) in [6, 6.07) is 0. The number of hydrogen-bond acceptors (Lipinski definition) is 4. The molecule has 0 bridgehead atoms. The second kappa shape index (κ2) is 8.81. The van der Waals surface area contributed by atoms with Gasteiger partial charge in [-0.05, 0) is 6.42 Å². The molecule has 1 heterocycles. The first kappa shape index (κ1) is 19.6. The highest BCUT2D eigenvalue weighted by Gasteiger charge is 2.50. The van der Waals surface area contributed by atoms with Crippen molar-refractivity contribution >= 4 is 11.9 Å². The van der Waals surface area contributed by atoms with E-state index in [9.17, 15) is 9.59 Å². The number of hydrogen-bond donors (Lipinski definition) is 0. The summed E-state index contributed by atoms with van der Waals surface area (Å²) in [7, 11) is 3.06. The van der Waals surface area contributed by atoms with Gasteiger partial charge in [-0.3, -0.25) is 0 Å². The summed E-state index contributed by atoms with van der Waals surface area (Å²) >= 11 is 0. The summed E-state index contributed by atoms with van der Waals surface area (Å²) in [5, 5.41) is 0. The first-order valence-electron chi connectivity index (χ1n) is 6.76. The van der Waals surface area contributed by atoms with Gasteiger partial charge in [-0.1, -0.05) is 19.8 Å². The number of imidazole rings is 1. The molecule has 0 aliphatic carbocycles. The lowest BCUT2D eigenvalue weighted by Gasteiger charge is -2.21. The van der Waals surface area contributed by atoms with Gasteiger partial charge in [-0.15, -0.1) is 0 Å². The number of carbonyl (C=O) groups excluding carboxylic acids is 2. The summed E-state index contributed by atoms with van der Waals surface area (Å²) in [4.78, 5) is 24.3. The highest BCUT2D eigenvalue weighted by Crippen LogP contribution is 2.19. The van der Waals surface area contributed by atoms with Crippen LogP contribution < -0.4 is 21.5 Å². The molecule has 120 valence electrons. The number of halogens is 1. The normalized spacial score (nSPS) is 13.0. The lowest BCUT2D eigenvalue weighted by molar-refractivity contribution is -0.671. The number of unbranched alkanes of at least 4 members (excludes halogenated alkanes) is 2. The van der Waals surface area contributed by atoms with E-state index in [-0.39, 0.29) is 17.0 Å². The molecule has 1 unspecified atom stereocenters. The quantitative estimate of drug-likeness (QED) is 0.242. The molecule has 7 heteroatoms. The molecular formula is C14H23BrN2O4. The summed E-state index contributed by atoms with van der Waals surface area (Å²) in [5.41, 5.74) is -1.50. The third kappa shape index (κ3) is 4.56. The van der Waals surface area contributed by atoms with Gasteiger partial charge in [0.15, 0.2) is 0 Å². The molecule has 0 N–H and O–H groups in total. The molecule has 0 saturated heterocycles. The molecule has 1 rings (SSSR count). The maximum Gasteiger partial charge on any atom is 0.366 e. The molecule has 0 spiro atoms. The van der Waals surface area contributed by atoms with Crippen molar-refractivity contribution in [2.45, 2.75) is 38.6 Å². The van der Waals surface area contributed by atoms with Gasteiger partial charge in [-0.25, -0.2) is 18.7 Å². The molecule has 0 radical (unpaired) electrons. The number of rotatable bonds is 7. The van der Waals surface area contributed by atoms with Gasteiger partial charge in [-0.2, -0.15) is 0 Å². The van der Waals surface area contributed by atoms with Gasteiger partial charge < -0.3 is 26.5 Å². The van der Waals surface area contributed by atoms with Crippen LogP contribution in [0.25, 0.3) is 0 Å². The molecule has 21 heavy (non-hydrogen) atoms. The number of ether oxygens (including phenoxy) is 2. The third-order valence-electron chi connectivity index (χ3n) is 3.25. The topological polar surface area (TPSA) is 61.4 Å². The van der Waals surface area contributed by atoms with Crippen molar-refractivity contribution in [3.63, 3.8) is 0 Å². The van der Waals surface area contributed by atoms with Crippen LogP contribution in [0.3, 0.4) is 0 Å². The van der Waals surface area contributed by atoms with Crippen LogP contribution in [0.4, 0.5) is 0 Å². The van der Waals surface area contributed by atoms with Crippen LogP contribution in [0, 0.1) is 0 Å². The molecule has 6 nitrogen and oxygen atoms in total. The van der Waals surface area contributed by atoms with Gasteiger partial charge >= 0.3 is 17.5 Å². The zero-order valence-electron chi connectivity index (χ0n) is 13.0. The van der Waals surface area contributed by atoms with Crippen molar-refractivity contribution in [3.8, 4) is 0 Å². The Balaban J connectivity index is 0.00000400. The van der Waals surface area contributed by atoms with E-state index in [1.165, 1.54) is 18.6 Å². The van der Waals surface area contributed by atoms with Crippen molar-refractivity contribution in [2.75, 3.05) is 13.7 Å². The number of carbonyl (C=O) groups is 2. The first-order chi connectivity index (χ1) is 9.46. The summed E-state index contributed by atoms with van der Waals surface area (Å²) in [6.45, 7) is 3.88. The average Bonchev–Trinajstić information content (AvgIpc) is 2.88. The monoisotopic (exact) mass is 362 g/mol. The molecule has 1 aromatic heterocycles. The Hall–Kier alpha value is -1.37. The number of nitrogens with zero attached hydrogens (tertiary/aromatic N) is 2. The molecule has 0 saturated carbocycles.